The third kappa shape index (κ3) is 7.98. The summed E-state index contributed by atoms with van der Waals surface area (Å²) in [6.07, 6.45) is 6.07. The molecule has 0 radical (unpaired) electrons. The topological polar surface area (TPSA) is 86.3 Å². The molecular weight excluding hydrogens is 718 g/mol. The smallest absolute Gasteiger partial charge is 0.338 e. The molecule has 5 aliphatic rings. The fourth-order valence-electron chi connectivity index (χ4n) is 7.87. The van der Waals surface area contributed by atoms with Gasteiger partial charge in [-0.3, -0.25) is 4.90 Å². The molecule has 4 fully saturated rings. The van der Waals surface area contributed by atoms with Gasteiger partial charge in [-0.15, -0.1) is 0 Å². The number of hydrogen-bond donors (Lipinski definition) is 1. The highest BCUT2D eigenvalue weighted by Gasteiger charge is 2.43. The fraction of sp³-hybridized carbons (Fsp3) is 0.381. The van der Waals surface area contributed by atoms with Crippen molar-refractivity contribution in [3.8, 4) is 11.5 Å². The van der Waals surface area contributed by atoms with Crippen LogP contribution in [0.3, 0.4) is 0 Å². The van der Waals surface area contributed by atoms with Gasteiger partial charge in [-0.1, -0.05) is 72.1 Å². The van der Waals surface area contributed by atoms with Gasteiger partial charge in [0, 0.05) is 40.2 Å². The Morgan fingerprint density at radius 1 is 0.981 bits per heavy atom. The third-order valence-electron chi connectivity index (χ3n) is 10.9. The summed E-state index contributed by atoms with van der Waals surface area (Å²) in [5, 5.41) is 4.19. The second-order valence-corrected chi connectivity index (χ2v) is 14.8. The Hall–Kier alpha value is -4.31. The maximum absolute atomic E-state index is 15.2. The molecule has 0 amide bonds. The Kier molecular flexibility index (Phi) is 11.2. The molecule has 3 aromatic rings. The molecule has 3 heterocycles. The lowest BCUT2D eigenvalue weighted by atomic mass is 9.86. The minimum Gasteiger partial charge on any atom is -0.493 e. The van der Waals surface area contributed by atoms with Gasteiger partial charge >= 0.3 is 11.9 Å². The van der Waals surface area contributed by atoms with Crippen molar-refractivity contribution in [2.24, 2.45) is 17.8 Å². The molecule has 1 saturated carbocycles. The number of fused-ring (bicyclic) bond motifs is 4. The molecule has 1 N–H and O–H groups in total. The van der Waals surface area contributed by atoms with E-state index >= 15 is 4.39 Å². The average molecular weight is 762 g/mol. The van der Waals surface area contributed by atoms with E-state index < -0.39 is 29.9 Å². The lowest BCUT2D eigenvalue weighted by Gasteiger charge is -2.44. The van der Waals surface area contributed by atoms with Crippen molar-refractivity contribution in [1.29, 1.82) is 0 Å². The van der Waals surface area contributed by atoms with E-state index in [1.807, 2.05) is 18.2 Å². The van der Waals surface area contributed by atoms with Crippen molar-refractivity contribution in [2.75, 3.05) is 39.2 Å². The van der Waals surface area contributed by atoms with Crippen LogP contribution >= 0.6 is 23.2 Å². The highest BCUT2D eigenvalue weighted by molar-refractivity contribution is 6.36. The summed E-state index contributed by atoms with van der Waals surface area (Å²) in [5.74, 6) is 0.217. The number of carbonyl (C=O) groups is 2. The van der Waals surface area contributed by atoms with Gasteiger partial charge in [0.2, 0.25) is 0 Å². The molecule has 8 rings (SSSR count). The Morgan fingerprint density at radius 3 is 2.45 bits per heavy atom. The number of anilines is 1. The lowest BCUT2D eigenvalue weighted by Crippen LogP contribution is -2.52. The number of methoxy groups -OCH3 is 2. The van der Waals surface area contributed by atoms with Crippen LogP contribution in [0, 0.1) is 23.6 Å². The number of benzene rings is 3. The monoisotopic (exact) mass is 760 g/mol. The van der Waals surface area contributed by atoms with E-state index in [4.69, 9.17) is 42.1 Å². The summed E-state index contributed by atoms with van der Waals surface area (Å²) >= 11 is 13.7. The van der Waals surface area contributed by atoms with Crippen molar-refractivity contribution < 1.29 is 32.9 Å². The van der Waals surface area contributed by atoms with E-state index in [0.29, 0.717) is 50.9 Å². The highest BCUT2D eigenvalue weighted by Crippen LogP contribution is 2.53. The molecule has 3 unspecified atom stereocenters. The number of nitrogens with zero attached hydrogens (tertiary/aromatic N) is 1. The molecule has 278 valence electrons. The number of esters is 2. The van der Waals surface area contributed by atoms with E-state index in [0.717, 1.165) is 32.4 Å². The summed E-state index contributed by atoms with van der Waals surface area (Å²) in [7, 11) is 3.09. The van der Waals surface area contributed by atoms with Crippen molar-refractivity contribution in [3.05, 3.63) is 123 Å². The predicted octanol–water partition coefficient (Wildman–Crippen LogP) is 9.13. The van der Waals surface area contributed by atoms with Gasteiger partial charge in [0.25, 0.3) is 0 Å². The first-order valence-electron chi connectivity index (χ1n) is 18.1. The van der Waals surface area contributed by atoms with Crippen LogP contribution in [-0.2, 0) is 14.3 Å². The zero-order valence-electron chi connectivity index (χ0n) is 29.9. The number of halogens is 3. The summed E-state index contributed by atoms with van der Waals surface area (Å²) in [6, 6.07) is 16.9. The van der Waals surface area contributed by atoms with Crippen molar-refractivity contribution in [1.82, 2.24) is 4.90 Å². The van der Waals surface area contributed by atoms with Crippen LogP contribution in [0.25, 0.3) is 0 Å². The van der Waals surface area contributed by atoms with E-state index in [9.17, 15) is 9.59 Å². The molecule has 5 atom stereocenters. The zero-order valence-corrected chi connectivity index (χ0v) is 31.5. The van der Waals surface area contributed by atoms with Crippen LogP contribution in [0.2, 0.25) is 0 Å². The molecule has 8 nitrogen and oxygen atoms in total. The van der Waals surface area contributed by atoms with Gasteiger partial charge in [0.05, 0.1) is 19.8 Å². The number of hydrogen-bond acceptors (Lipinski definition) is 8. The normalized spacial score (nSPS) is 24.2. The fourth-order valence-corrected chi connectivity index (χ4v) is 8.54. The van der Waals surface area contributed by atoms with E-state index in [-0.39, 0.29) is 35.5 Å². The van der Waals surface area contributed by atoms with Crippen LogP contribution in [0.1, 0.15) is 66.2 Å². The Balaban J connectivity index is 1.15. The second-order valence-electron chi connectivity index (χ2n) is 14.0. The first-order valence-corrected chi connectivity index (χ1v) is 18.9. The largest absolute Gasteiger partial charge is 0.493 e. The predicted molar refractivity (Wildman–Crippen MR) is 203 cm³/mol. The summed E-state index contributed by atoms with van der Waals surface area (Å²) < 4.78 is 38.5. The van der Waals surface area contributed by atoms with Gasteiger partial charge in [0.15, 0.2) is 17.5 Å². The quantitative estimate of drug-likeness (QED) is 0.173. The van der Waals surface area contributed by atoms with Gasteiger partial charge in [-0.05, 0) is 97.8 Å². The highest BCUT2D eigenvalue weighted by atomic mass is 35.5. The maximum Gasteiger partial charge on any atom is 0.338 e. The molecule has 0 aromatic heterocycles. The van der Waals surface area contributed by atoms with Crippen LogP contribution in [0.5, 0.6) is 11.5 Å². The van der Waals surface area contributed by atoms with Crippen molar-refractivity contribution in [2.45, 2.75) is 50.9 Å². The van der Waals surface area contributed by atoms with Crippen molar-refractivity contribution in [3.63, 3.8) is 0 Å². The molecule has 3 aromatic carbocycles. The van der Waals surface area contributed by atoms with Gasteiger partial charge in [-0.2, -0.15) is 0 Å². The van der Waals surface area contributed by atoms with E-state index in [1.54, 1.807) is 61.7 Å². The minimum atomic E-state index is -1.15. The van der Waals surface area contributed by atoms with Crippen LogP contribution in [-0.4, -0.2) is 56.8 Å². The molecule has 2 bridgehead atoms. The Morgan fingerprint density at radius 2 is 1.75 bits per heavy atom. The maximum atomic E-state index is 15.2. The first kappa shape index (κ1) is 37.0. The molecule has 53 heavy (non-hydrogen) atoms. The van der Waals surface area contributed by atoms with E-state index in [1.165, 1.54) is 18.7 Å². The number of allylic oxidation sites excluding steroid dienone is 5. The average Bonchev–Trinajstić information content (AvgIpc) is 3.86. The second kappa shape index (κ2) is 16.0. The van der Waals surface area contributed by atoms with Crippen LogP contribution in [0.15, 0.2) is 100 Å². The molecule has 3 saturated heterocycles. The Labute approximate surface area is 319 Å². The minimum absolute atomic E-state index is 0.150. The molecule has 0 spiro atoms. The number of nitrogens with one attached hydrogen (secondary N) is 1. The zero-order chi connectivity index (χ0) is 37.2. The summed E-state index contributed by atoms with van der Waals surface area (Å²) in [4.78, 5) is 30.0. The van der Waals surface area contributed by atoms with Crippen LogP contribution in [0.4, 0.5) is 10.1 Å². The molecule has 11 heteroatoms. The molecule has 2 aliphatic carbocycles. The number of carbonyl (C=O) groups excluding carboxylic acids is 2. The van der Waals surface area contributed by atoms with Crippen molar-refractivity contribution >= 4 is 40.8 Å². The third-order valence-corrected chi connectivity index (χ3v) is 11.6. The number of ether oxygens (including phenoxy) is 4. The molecular formula is C42H43Cl2FN2O6. The standard InChI is InChI=1S/C42H43Cl2FN2O6/c1-4-28-30-20-33(43)32(34(44)21-31(28)30)22-37(25-12-13-36(50-2)38(19-25)51-3)52-41(48)26-8-7-9-27(18-26)46-40(29-10-5-6-11-35(29)45)42(49)53-39-23-47-16-14-24(39)15-17-47/h5-13,18-21,24,28,30,37,39-40,46H,4,14-17,22-23H2,1-3H3/t28?,30?,37-,39-,40?/m0/s1. The molecule has 3 aliphatic heterocycles. The first-order chi connectivity index (χ1) is 25.7. The Bertz CT molecular complexity index is 1970. The van der Waals surface area contributed by atoms with E-state index in [2.05, 4.69) is 17.1 Å². The SMILES string of the molecule is CCC1C2=CC(Cl)=C(C[C@H](OC(=O)c3cccc(NC(C(=O)O[C@H]4CN5CCC4CC5)c4ccccc4F)c3)c3ccc(OC)c(OC)c3)C(Cl)=CC21. The lowest BCUT2D eigenvalue weighted by molar-refractivity contribution is -0.160. The van der Waals surface area contributed by atoms with Gasteiger partial charge < -0.3 is 24.3 Å². The summed E-state index contributed by atoms with van der Waals surface area (Å²) in [6.45, 7) is 4.80. The number of piperidine rings is 3. The van der Waals surface area contributed by atoms with Gasteiger partial charge in [-0.25, -0.2) is 14.0 Å². The number of rotatable bonds is 13. The van der Waals surface area contributed by atoms with Crippen LogP contribution < -0.4 is 14.8 Å². The van der Waals surface area contributed by atoms with Gasteiger partial charge in [0.1, 0.15) is 18.0 Å². The summed E-state index contributed by atoms with van der Waals surface area (Å²) in [5.41, 5.74) is 3.34.